The summed E-state index contributed by atoms with van der Waals surface area (Å²) in [4.78, 5) is 0. The minimum atomic E-state index is 0.630. The van der Waals surface area contributed by atoms with Gasteiger partial charge in [0.1, 0.15) is 0 Å². The van der Waals surface area contributed by atoms with E-state index in [4.69, 9.17) is 0 Å². The fourth-order valence-corrected chi connectivity index (χ4v) is 2.79. The van der Waals surface area contributed by atoms with Crippen molar-refractivity contribution in [3.05, 3.63) is 48.0 Å². The lowest BCUT2D eigenvalue weighted by Crippen LogP contribution is -2.33. The molecule has 0 saturated heterocycles. The maximum Gasteiger partial charge on any atom is 0.0102 e. The molecule has 1 atom stereocenters. The van der Waals surface area contributed by atoms with Crippen LogP contribution in [0, 0.1) is 5.92 Å². The van der Waals surface area contributed by atoms with Crippen molar-refractivity contribution in [3.8, 4) is 0 Å². The van der Waals surface area contributed by atoms with Crippen LogP contribution < -0.4 is 5.32 Å². The zero-order valence-electron chi connectivity index (χ0n) is 10.1. The van der Waals surface area contributed by atoms with Crippen LogP contribution in [0.15, 0.2) is 36.9 Å². The normalized spacial score (nSPS) is 17.1. The molecule has 1 aliphatic carbocycles. The van der Waals surface area contributed by atoms with E-state index < -0.39 is 0 Å². The molecule has 1 aromatic carbocycles. The summed E-state index contributed by atoms with van der Waals surface area (Å²) in [6.45, 7) is 3.81. The van der Waals surface area contributed by atoms with E-state index in [0.29, 0.717) is 6.04 Å². The van der Waals surface area contributed by atoms with Crippen molar-refractivity contribution in [2.24, 2.45) is 5.92 Å². The van der Waals surface area contributed by atoms with Crippen molar-refractivity contribution in [1.82, 2.24) is 5.32 Å². The standard InChI is InChI=1S/C15H21N/c1-3-4-9-15(16-2)14-10-12-7-5-6-8-13(12)11-14/h3,5-8,14-16H,1,4,9-11H2,2H3. The van der Waals surface area contributed by atoms with E-state index in [1.165, 1.54) is 19.3 Å². The number of allylic oxidation sites excluding steroid dienone is 1. The molecule has 0 fully saturated rings. The molecule has 1 aliphatic rings. The van der Waals surface area contributed by atoms with Crippen LogP contribution in [0.5, 0.6) is 0 Å². The summed E-state index contributed by atoms with van der Waals surface area (Å²) in [5.41, 5.74) is 3.10. The van der Waals surface area contributed by atoms with Crippen LogP contribution in [-0.2, 0) is 12.8 Å². The van der Waals surface area contributed by atoms with Gasteiger partial charge in [0.2, 0.25) is 0 Å². The minimum Gasteiger partial charge on any atom is -0.317 e. The summed E-state index contributed by atoms with van der Waals surface area (Å²) in [6.07, 6.45) is 6.81. The number of benzene rings is 1. The van der Waals surface area contributed by atoms with Crippen molar-refractivity contribution in [1.29, 1.82) is 0 Å². The van der Waals surface area contributed by atoms with Crippen LogP contribution in [0.25, 0.3) is 0 Å². The van der Waals surface area contributed by atoms with Gasteiger partial charge >= 0.3 is 0 Å². The highest BCUT2D eigenvalue weighted by molar-refractivity contribution is 5.32. The van der Waals surface area contributed by atoms with Gasteiger partial charge in [0.25, 0.3) is 0 Å². The second kappa shape index (κ2) is 5.31. The molecule has 0 bridgehead atoms. The van der Waals surface area contributed by atoms with Crippen LogP contribution in [-0.4, -0.2) is 13.1 Å². The highest BCUT2D eigenvalue weighted by atomic mass is 14.9. The third kappa shape index (κ3) is 2.35. The van der Waals surface area contributed by atoms with Crippen LogP contribution in [0.3, 0.4) is 0 Å². The Kier molecular flexibility index (Phi) is 3.79. The first-order chi connectivity index (χ1) is 7.85. The quantitative estimate of drug-likeness (QED) is 0.745. The maximum absolute atomic E-state index is 3.81. The minimum absolute atomic E-state index is 0.630. The summed E-state index contributed by atoms with van der Waals surface area (Å²) in [5.74, 6) is 0.766. The molecule has 1 heteroatoms. The fraction of sp³-hybridized carbons (Fsp3) is 0.467. The highest BCUT2D eigenvalue weighted by Crippen LogP contribution is 2.29. The number of nitrogens with one attached hydrogen (secondary N) is 1. The van der Waals surface area contributed by atoms with Gasteiger partial charge in [-0.25, -0.2) is 0 Å². The smallest absolute Gasteiger partial charge is 0.0102 e. The molecule has 0 amide bonds. The molecule has 16 heavy (non-hydrogen) atoms. The number of rotatable bonds is 5. The topological polar surface area (TPSA) is 12.0 Å². The molecule has 0 aromatic heterocycles. The van der Waals surface area contributed by atoms with E-state index in [9.17, 15) is 0 Å². The third-order valence-corrected chi connectivity index (χ3v) is 3.70. The molecule has 0 saturated carbocycles. The van der Waals surface area contributed by atoms with E-state index in [1.807, 2.05) is 6.08 Å². The fourth-order valence-electron chi connectivity index (χ4n) is 2.79. The lowest BCUT2D eigenvalue weighted by molar-refractivity contribution is 0.367. The van der Waals surface area contributed by atoms with Crippen molar-refractivity contribution in [2.75, 3.05) is 7.05 Å². The van der Waals surface area contributed by atoms with Gasteiger partial charge in [-0.2, -0.15) is 0 Å². The van der Waals surface area contributed by atoms with Gasteiger partial charge in [0.05, 0.1) is 0 Å². The Labute approximate surface area is 98.6 Å². The van der Waals surface area contributed by atoms with Crippen molar-refractivity contribution < 1.29 is 0 Å². The summed E-state index contributed by atoms with van der Waals surface area (Å²) < 4.78 is 0. The molecule has 1 nitrogen and oxygen atoms in total. The summed E-state index contributed by atoms with van der Waals surface area (Å²) >= 11 is 0. The molecule has 1 unspecified atom stereocenters. The van der Waals surface area contributed by atoms with Crippen LogP contribution in [0.4, 0.5) is 0 Å². The summed E-state index contributed by atoms with van der Waals surface area (Å²) in [7, 11) is 2.08. The first-order valence-electron chi connectivity index (χ1n) is 6.20. The van der Waals surface area contributed by atoms with Gasteiger partial charge in [-0.15, -0.1) is 6.58 Å². The van der Waals surface area contributed by atoms with Gasteiger partial charge in [-0.05, 0) is 49.8 Å². The molecule has 0 radical (unpaired) electrons. The Morgan fingerprint density at radius 2 is 2.00 bits per heavy atom. The Morgan fingerprint density at radius 3 is 2.50 bits per heavy atom. The highest BCUT2D eigenvalue weighted by Gasteiger charge is 2.26. The van der Waals surface area contributed by atoms with Crippen molar-refractivity contribution in [2.45, 2.75) is 31.7 Å². The van der Waals surface area contributed by atoms with E-state index in [1.54, 1.807) is 11.1 Å². The monoisotopic (exact) mass is 215 g/mol. The summed E-state index contributed by atoms with van der Waals surface area (Å²) in [6, 6.07) is 9.48. The van der Waals surface area contributed by atoms with E-state index in [2.05, 4.69) is 43.2 Å². The maximum atomic E-state index is 3.81. The van der Waals surface area contributed by atoms with E-state index in [-0.39, 0.29) is 0 Å². The van der Waals surface area contributed by atoms with Crippen molar-refractivity contribution >= 4 is 0 Å². The third-order valence-electron chi connectivity index (χ3n) is 3.70. The molecule has 1 N–H and O–H groups in total. The van der Waals surface area contributed by atoms with Crippen LogP contribution in [0.1, 0.15) is 24.0 Å². The lowest BCUT2D eigenvalue weighted by Gasteiger charge is -2.22. The van der Waals surface area contributed by atoms with Gasteiger partial charge < -0.3 is 5.32 Å². The van der Waals surface area contributed by atoms with E-state index >= 15 is 0 Å². The zero-order chi connectivity index (χ0) is 11.4. The molecule has 86 valence electrons. The summed E-state index contributed by atoms with van der Waals surface area (Å²) in [5, 5.41) is 3.47. The average molecular weight is 215 g/mol. The molecule has 0 aliphatic heterocycles. The number of hydrogen-bond acceptors (Lipinski definition) is 1. The first kappa shape index (κ1) is 11.4. The number of hydrogen-bond donors (Lipinski definition) is 1. The Bertz CT molecular complexity index is 331. The average Bonchev–Trinajstić information content (AvgIpc) is 2.73. The molecule has 2 rings (SSSR count). The SMILES string of the molecule is C=CCCC(NC)C1Cc2ccccc2C1. The Balaban J connectivity index is 2.00. The predicted octanol–water partition coefficient (Wildman–Crippen LogP) is 2.96. The molecule has 0 heterocycles. The molecular formula is C15H21N. The predicted molar refractivity (Wildman–Crippen MR) is 69.6 cm³/mol. The second-order valence-electron chi connectivity index (χ2n) is 4.70. The van der Waals surface area contributed by atoms with Crippen LogP contribution in [0.2, 0.25) is 0 Å². The largest absolute Gasteiger partial charge is 0.317 e. The Hall–Kier alpha value is -1.08. The number of fused-ring (bicyclic) bond motifs is 1. The molecule has 0 spiro atoms. The lowest BCUT2D eigenvalue weighted by atomic mass is 9.93. The van der Waals surface area contributed by atoms with Crippen molar-refractivity contribution in [3.63, 3.8) is 0 Å². The second-order valence-corrected chi connectivity index (χ2v) is 4.70. The van der Waals surface area contributed by atoms with Crippen LogP contribution >= 0.6 is 0 Å². The molecule has 1 aromatic rings. The first-order valence-corrected chi connectivity index (χ1v) is 6.20. The van der Waals surface area contributed by atoms with Gasteiger partial charge in [-0.1, -0.05) is 30.3 Å². The Morgan fingerprint density at radius 1 is 1.38 bits per heavy atom. The van der Waals surface area contributed by atoms with Gasteiger partial charge in [0, 0.05) is 6.04 Å². The van der Waals surface area contributed by atoms with Gasteiger partial charge in [0.15, 0.2) is 0 Å². The van der Waals surface area contributed by atoms with Gasteiger partial charge in [-0.3, -0.25) is 0 Å². The zero-order valence-corrected chi connectivity index (χ0v) is 10.1. The van der Waals surface area contributed by atoms with E-state index in [0.717, 1.165) is 12.3 Å². The molecular weight excluding hydrogens is 194 g/mol.